The Hall–Kier alpha value is -3.86. The highest BCUT2D eigenvalue weighted by Gasteiger charge is 2.28. The summed E-state index contributed by atoms with van der Waals surface area (Å²) in [6, 6.07) is 0. The Balaban J connectivity index is 4.80. The second-order valence-corrected chi connectivity index (χ2v) is 20.1. The number of phosphoric acid groups is 1. The van der Waals surface area contributed by atoms with E-state index < -0.39 is 57.8 Å². The van der Waals surface area contributed by atoms with E-state index >= 15 is 0 Å². The summed E-state index contributed by atoms with van der Waals surface area (Å²) in [5.41, 5.74) is 0. The quantitative estimate of drug-likeness (QED) is 0.0197. The highest BCUT2D eigenvalue weighted by molar-refractivity contribution is 7.47. The third-order valence-corrected chi connectivity index (χ3v) is 12.6. The van der Waals surface area contributed by atoms with Gasteiger partial charge in [-0.05, 0) is 116 Å². The van der Waals surface area contributed by atoms with Gasteiger partial charge >= 0.3 is 25.7 Å². The van der Waals surface area contributed by atoms with E-state index in [9.17, 15) is 28.9 Å². The van der Waals surface area contributed by atoms with Crippen LogP contribution in [0.25, 0.3) is 0 Å². The molecule has 3 unspecified atom stereocenters. The fourth-order valence-electron chi connectivity index (χ4n) is 7.34. The molecule has 0 fully saturated rings. The average Bonchev–Trinajstić information content (AvgIpc) is 3.39. The largest absolute Gasteiger partial charge is 0.472 e. The van der Waals surface area contributed by atoms with Crippen molar-refractivity contribution in [3.63, 3.8) is 0 Å². The van der Waals surface area contributed by atoms with E-state index in [2.05, 4.69) is 118 Å². The summed E-state index contributed by atoms with van der Waals surface area (Å²) in [5.74, 6) is -1.56. The molecular formula is C62H103O11P. The van der Waals surface area contributed by atoms with E-state index in [0.29, 0.717) is 25.7 Å². The number of aliphatic hydroxyl groups is 1. The van der Waals surface area contributed by atoms with Crippen molar-refractivity contribution < 1.29 is 52.2 Å². The van der Waals surface area contributed by atoms with E-state index in [-0.39, 0.29) is 25.9 Å². The molecule has 0 aromatic heterocycles. The lowest BCUT2D eigenvalue weighted by molar-refractivity contribution is -0.161. The predicted octanol–water partition coefficient (Wildman–Crippen LogP) is 17.0. The van der Waals surface area contributed by atoms with Crippen LogP contribution in [-0.2, 0) is 42.2 Å². The van der Waals surface area contributed by atoms with Crippen LogP contribution in [0.5, 0.6) is 0 Å². The Labute approximate surface area is 450 Å². The number of allylic oxidation sites excluding steroid dienone is 18. The average molecular weight is 1060 g/mol. The lowest BCUT2D eigenvalue weighted by Gasteiger charge is -2.21. The first-order chi connectivity index (χ1) is 36.2. The van der Waals surface area contributed by atoms with Crippen LogP contribution >= 0.6 is 7.82 Å². The van der Waals surface area contributed by atoms with Crippen LogP contribution in [0.15, 0.2) is 109 Å². The molecule has 74 heavy (non-hydrogen) atoms. The molecule has 0 rings (SSSR count). The van der Waals surface area contributed by atoms with Gasteiger partial charge in [-0.3, -0.25) is 23.4 Å². The fraction of sp³-hybridized carbons (Fsp3) is 0.661. The number of rotatable bonds is 52. The summed E-state index contributed by atoms with van der Waals surface area (Å²) in [6.07, 6.45) is 66.2. The zero-order valence-corrected chi connectivity index (χ0v) is 47.4. The Morgan fingerprint density at radius 2 is 0.716 bits per heavy atom. The van der Waals surface area contributed by atoms with Crippen molar-refractivity contribution in [3.05, 3.63) is 109 Å². The molecular weight excluding hydrogens is 952 g/mol. The molecule has 422 valence electrons. The van der Waals surface area contributed by atoms with Gasteiger partial charge in [-0.15, -0.1) is 0 Å². The van der Waals surface area contributed by atoms with Gasteiger partial charge in [-0.25, -0.2) is 4.57 Å². The molecule has 11 nitrogen and oxygen atoms in total. The van der Waals surface area contributed by atoms with Crippen LogP contribution in [0.2, 0.25) is 0 Å². The minimum atomic E-state index is -4.77. The van der Waals surface area contributed by atoms with Crippen molar-refractivity contribution in [3.8, 4) is 0 Å². The standard InChI is InChI=1S/C62H103O11P/c1-4-7-10-13-16-19-22-25-27-29-31-34-37-40-43-46-49-52-61(65)72-58(54-63)56-70-74(67,68)71-57-59(55-69-60(64)51-48-45-42-39-36-33-24-21-18-15-12-9-6-3)73-62(66)53-50-47-44-41-38-35-32-30-28-26-23-20-17-14-11-8-5-2/h7-8,10-11,16-17,19-21,24-28,32,35,41,44,58-59,63H,4-6,9,12-15,18,22-23,29-31,33-34,36-40,42-43,45-57H2,1-3H3,(H,67,68)/b10-7-,11-8-,19-16-,20-17-,24-21-,27-25-,28-26-,35-32-,44-41-. The number of unbranched alkanes of at least 4 members (excludes halogenated alkanes) is 17. The van der Waals surface area contributed by atoms with Crippen LogP contribution in [0.3, 0.4) is 0 Å². The Morgan fingerprint density at radius 3 is 1.15 bits per heavy atom. The van der Waals surface area contributed by atoms with Crippen LogP contribution in [-0.4, -0.2) is 66.5 Å². The maximum absolute atomic E-state index is 12.9. The van der Waals surface area contributed by atoms with Crippen molar-refractivity contribution in [1.29, 1.82) is 0 Å². The summed E-state index contributed by atoms with van der Waals surface area (Å²) in [6.45, 7) is 4.31. The molecule has 0 aliphatic rings. The van der Waals surface area contributed by atoms with Gasteiger partial charge < -0.3 is 24.2 Å². The Morgan fingerprint density at radius 1 is 0.392 bits per heavy atom. The fourth-order valence-corrected chi connectivity index (χ4v) is 8.12. The molecule has 12 heteroatoms. The molecule has 0 heterocycles. The first kappa shape index (κ1) is 70.1. The third-order valence-electron chi connectivity index (χ3n) is 11.7. The number of carbonyl (C=O) groups is 3. The summed E-state index contributed by atoms with van der Waals surface area (Å²) in [4.78, 5) is 48.5. The van der Waals surface area contributed by atoms with Crippen molar-refractivity contribution in [2.45, 2.75) is 238 Å². The van der Waals surface area contributed by atoms with E-state index in [1.807, 2.05) is 12.2 Å². The zero-order chi connectivity index (χ0) is 54.1. The smallest absolute Gasteiger partial charge is 0.462 e. The molecule has 0 bridgehead atoms. The van der Waals surface area contributed by atoms with Crippen LogP contribution < -0.4 is 0 Å². The molecule has 0 aliphatic carbocycles. The molecule has 0 aromatic carbocycles. The molecule has 3 atom stereocenters. The normalized spacial score (nSPS) is 14.2. The maximum Gasteiger partial charge on any atom is 0.472 e. The first-order valence-corrected chi connectivity index (χ1v) is 30.3. The number of hydrogen-bond acceptors (Lipinski definition) is 10. The Bertz CT molecular complexity index is 1660. The Kier molecular flexibility index (Phi) is 52.5. The van der Waals surface area contributed by atoms with E-state index in [4.69, 9.17) is 23.3 Å². The van der Waals surface area contributed by atoms with E-state index in [1.54, 1.807) is 0 Å². The molecule has 0 aromatic rings. The number of ether oxygens (including phenoxy) is 3. The van der Waals surface area contributed by atoms with Crippen molar-refractivity contribution in [2.24, 2.45) is 0 Å². The molecule has 2 N–H and O–H groups in total. The van der Waals surface area contributed by atoms with Gasteiger partial charge in [0.25, 0.3) is 0 Å². The second kappa shape index (κ2) is 55.4. The number of esters is 3. The van der Waals surface area contributed by atoms with Gasteiger partial charge in [0.15, 0.2) is 6.10 Å². The molecule has 0 saturated carbocycles. The zero-order valence-electron chi connectivity index (χ0n) is 46.5. The third kappa shape index (κ3) is 53.0. The minimum absolute atomic E-state index is 0.0824. The maximum atomic E-state index is 12.9. The highest BCUT2D eigenvalue weighted by Crippen LogP contribution is 2.43. The summed E-state index contributed by atoms with van der Waals surface area (Å²) in [7, 11) is -4.77. The van der Waals surface area contributed by atoms with Gasteiger partial charge in [0.1, 0.15) is 12.7 Å². The summed E-state index contributed by atoms with van der Waals surface area (Å²) < 4.78 is 39.4. The minimum Gasteiger partial charge on any atom is -0.462 e. The van der Waals surface area contributed by atoms with Crippen LogP contribution in [0, 0.1) is 0 Å². The van der Waals surface area contributed by atoms with Crippen molar-refractivity contribution in [2.75, 3.05) is 26.4 Å². The SMILES string of the molecule is CC/C=C\C/C=C\C/C=C\C/C=C\C/C=C\CCCC(=O)OC(COC(=O)CCCCCCC/C=C\CCCCCC)COP(=O)(O)OCC(CO)OC(=O)CCCCCCCCC/C=C\C/C=C\C/C=C\CC. The summed E-state index contributed by atoms with van der Waals surface area (Å²) in [5, 5.41) is 9.82. The number of phosphoric ester groups is 1. The second-order valence-electron chi connectivity index (χ2n) is 18.7. The topological polar surface area (TPSA) is 155 Å². The molecule has 0 radical (unpaired) electrons. The van der Waals surface area contributed by atoms with Crippen molar-refractivity contribution >= 4 is 25.7 Å². The van der Waals surface area contributed by atoms with Crippen molar-refractivity contribution in [1.82, 2.24) is 0 Å². The molecule has 0 aliphatic heterocycles. The lowest BCUT2D eigenvalue weighted by atomic mass is 10.1. The lowest BCUT2D eigenvalue weighted by Crippen LogP contribution is -2.30. The van der Waals surface area contributed by atoms with E-state index in [0.717, 1.165) is 128 Å². The summed E-state index contributed by atoms with van der Waals surface area (Å²) >= 11 is 0. The van der Waals surface area contributed by atoms with Gasteiger partial charge in [-0.1, -0.05) is 201 Å². The van der Waals surface area contributed by atoms with Crippen LogP contribution in [0.4, 0.5) is 0 Å². The van der Waals surface area contributed by atoms with Crippen LogP contribution in [0.1, 0.15) is 226 Å². The van der Waals surface area contributed by atoms with Gasteiger partial charge in [0.2, 0.25) is 0 Å². The number of carbonyl (C=O) groups excluding carboxylic acids is 3. The molecule has 0 spiro atoms. The molecule has 0 saturated heterocycles. The van der Waals surface area contributed by atoms with Gasteiger partial charge in [0.05, 0.1) is 19.8 Å². The molecule has 0 amide bonds. The van der Waals surface area contributed by atoms with Gasteiger partial charge in [-0.2, -0.15) is 0 Å². The van der Waals surface area contributed by atoms with Gasteiger partial charge in [0, 0.05) is 19.3 Å². The number of hydrogen-bond donors (Lipinski definition) is 2. The monoisotopic (exact) mass is 1050 g/mol. The number of aliphatic hydroxyl groups excluding tert-OH is 1. The first-order valence-electron chi connectivity index (χ1n) is 28.8. The van der Waals surface area contributed by atoms with E-state index in [1.165, 1.54) is 32.1 Å². The highest BCUT2D eigenvalue weighted by atomic mass is 31.2. The predicted molar refractivity (Wildman–Crippen MR) is 307 cm³/mol.